The van der Waals surface area contributed by atoms with Crippen molar-refractivity contribution in [1.82, 2.24) is 10.2 Å². The zero-order valence-corrected chi connectivity index (χ0v) is 12.5. The molecule has 1 aliphatic carbocycles. The van der Waals surface area contributed by atoms with Crippen LogP contribution in [0.4, 0.5) is 9.18 Å². The molecule has 0 aromatic rings. The average molecular weight is 286 g/mol. The van der Waals surface area contributed by atoms with E-state index in [1.807, 2.05) is 0 Å². The van der Waals surface area contributed by atoms with Crippen molar-refractivity contribution in [2.75, 3.05) is 13.1 Å². The molecule has 0 aromatic carbocycles. The van der Waals surface area contributed by atoms with E-state index in [1.165, 1.54) is 4.90 Å². The number of rotatable bonds is 2. The van der Waals surface area contributed by atoms with Gasteiger partial charge in [-0.3, -0.25) is 4.79 Å². The minimum atomic E-state index is -0.930. The topological polar surface area (TPSA) is 58.6 Å². The molecule has 0 radical (unpaired) electrons. The molecule has 2 amide bonds. The summed E-state index contributed by atoms with van der Waals surface area (Å²) >= 11 is 0. The number of halogens is 1. The van der Waals surface area contributed by atoms with Gasteiger partial charge in [0.25, 0.3) is 0 Å². The summed E-state index contributed by atoms with van der Waals surface area (Å²) < 4.78 is 18.9. The second-order valence-electron chi connectivity index (χ2n) is 6.92. The van der Waals surface area contributed by atoms with E-state index in [2.05, 4.69) is 5.32 Å². The molecule has 5 nitrogen and oxygen atoms in total. The van der Waals surface area contributed by atoms with Crippen LogP contribution in [0.1, 0.15) is 40.5 Å². The highest BCUT2D eigenvalue weighted by molar-refractivity contribution is 5.85. The van der Waals surface area contributed by atoms with Crippen molar-refractivity contribution < 1.29 is 18.7 Å². The molecule has 1 heterocycles. The van der Waals surface area contributed by atoms with E-state index in [0.29, 0.717) is 6.54 Å². The van der Waals surface area contributed by atoms with Gasteiger partial charge >= 0.3 is 6.09 Å². The van der Waals surface area contributed by atoms with Crippen LogP contribution in [0.15, 0.2) is 0 Å². The highest BCUT2D eigenvalue weighted by Crippen LogP contribution is 2.54. The lowest BCUT2D eigenvalue weighted by atomic mass is 10.1. The Morgan fingerprint density at radius 3 is 2.45 bits per heavy atom. The number of hydrogen-bond acceptors (Lipinski definition) is 3. The number of hydrogen-bond donors (Lipinski definition) is 1. The number of carbonyl (C=O) groups is 2. The summed E-state index contributed by atoms with van der Waals surface area (Å²) in [5, 5.41) is 2.50. The molecule has 2 fully saturated rings. The van der Waals surface area contributed by atoms with Crippen LogP contribution in [0, 0.1) is 5.41 Å². The number of nitrogens with one attached hydrogen (secondary N) is 1. The third-order valence-corrected chi connectivity index (χ3v) is 3.86. The Morgan fingerprint density at radius 2 is 2.00 bits per heavy atom. The smallest absolute Gasteiger partial charge is 0.408 e. The van der Waals surface area contributed by atoms with Gasteiger partial charge in [-0.1, -0.05) is 0 Å². The molecule has 2 rings (SSSR count). The quantitative estimate of drug-likeness (QED) is 0.843. The molecule has 2 aliphatic rings. The molecule has 1 aliphatic heterocycles. The predicted molar refractivity (Wildman–Crippen MR) is 72.0 cm³/mol. The molecular weight excluding hydrogens is 263 g/mol. The van der Waals surface area contributed by atoms with Crippen molar-refractivity contribution in [2.24, 2.45) is 5.41 Å². The zero-order valence-electron chi connectivity index (χ0n) is 12.5. The maximum Gasteiger partial charge on any atom is 0.408 e. The lowest BCUT2D eigenvalue weighted by Gasteiger charge is -2.24. The normalized spacial score (nSPS) is 25.4. The molecule has 6 heteroatoms. The Morgan fingerprint density at radius 1 is 1.40 bits per heavy atom. The van der Waals surface area contributed by atoms with Gasteiger partial charge in [0.1, 0.15) is 17.8 Å². The van der Waals surface area contributed by atoms with Crippen LogP contribution in [0.2, 0.25) is 0 Å². The number of ether oxygens (including phenoxy) is 1. The van der Waals surface area contributed by atoms with Crippen LogP contribution in [0.5, 0.6) is 0 Å². The molecule has 0 bridgehead atoms. The van der Waals surface area contributed by atoms with Gasteiger partial charge in [0.05, 0.1) is 6.54 Å². The molecule has 2 atom stereocenters. The average Bonchev–Trinajstić information content (AvgIpc) is 2.97. The molecular formula is C14H23FN2O3. The first-order valence-electron chi connectivity index (χ1n) is 7.05. The fourth-order valence-electron chi connectivity index (χ4n) is 2.55. The van der Waals surface area contributed by atoms with Gasteiger partial charge in [-0.2, -0.15) is 0 Å². The molecule has 20 heavy (non-hydrogen) atoms. The Kier molecular flexibility index (Phi) is 3.69. The number of alkyl halides is 1. The zero-order chi connectivity index (χ0) is 15.1. The van der Waals surface area contributed by atoms with E-state index in [9.17, 15) is 14.0 Å². The minimum absolute atomic E-state index is 0.138. The minimum Gasteiger partial charge on any atom is -0.444 e. The number of likely N-dealkylation sites (tertiary alicyclic amines) is 1. The molecule has 1 N–H and O–H groups in total. The van der Waals surface area contributed by atoms with Crippen molar-refractivity contribution in [3.8, 4) is 0 Å². The third-order valence-electron chi connectivity index (χ3n) is 3.86. The molecule has 1 unspecified atom stereocenters. The van der Waals surface area contributed by atoms with Gasteiger partial charge in [-0.15, -0.1) is 0 Å². The lowest BCUT2D eigenvalue weighted by Crippen LogP contribution is -2.47. The Labute approximate surface area is 118 Å². The molecule has 1 spiro atoms. The largest absolute Gasteiger partial charge is 0.444 e. The van der Waals surface area contributed by atoms with Gasteiger partial charge in [-0.05, 0) is 40.5 Å². The molecule has 114 valence electrons. The molecule has 0 aromatic heterocycles. The maximum atomic E-state index is 13.8. The number of alkyl carbamates (subject to hydrolysis) is 1. The van der Waals surface area contributed by atoms with Crippen molar-refractivity contribution in [3.05, 3.63) is 0 Å². The second kappa shape index (κ2) is 4.90. The van der Waals surface area contributed by atoms with Crippen LogP contribution < -0.4 is 5.32 Å². The fourth-order valence-corrected chi connectivity index (χ4v) is 2.55. The van der Waals surface area contributed by atoms with E-state index in [0.717, 1.165) is 12.8 Å². The lowest BCUT2D eigenvalue weighted by molar-refractivity contribution is -0.132. The SMILES string of the molecule is C[C@@H](NC(=O)OC(C)(C)C)C(=O)N1CC(F)C2(CC2)C1. The summed E-state index contributed by atoms with van der Waals surface area (Å²) in [6.07, 6.45) is 0.146. The summed E-state index contributed by atoms with van der Waals surface area (Å²) in [6.45, 7) is 7.46. The van der Waals surface area contributed by atoms with Gasteiger partial charge in [0, 0.05) is 12.0 Å². The van der Waals surface area contributed by atoms with Gasteiger partial charge in [0.15, 0.2) is 0 Å². The van der Waals surface area contributed by atoms with Crippen LogP contribution >= 0.6 is 0 Å². The molecule has 1 saturated heterocycles. The monoisotopic (exact) mass is 286 g/mol. The standard InChI is InChI=1S/C14H23FN2O3/c1-9(16-12(19)20-13(2,3)4)11(18)17-7-10(15)14(8-17)5-6-14/h9-10H,5-8H2,1-4H3,(H,16,19)/t9-,10?/m1/s1. The van der Waals surface area contributed by atoms with E-state index >= 15 is 0 Å². The van der Waals surface area contributed by atoms with Crippen LogP contribution in [0.25, 0.3) is 0 Å². The fraction of sp³-hybridized carbons (Fsp3) is 0.857. The Balaban J connectivity index is 1.85. The maximum absolute atomic E-state index is 13.8. The Hall–Kier alpha value is -1.33. The van der Waals surface area contributed by atoms with Crippen LogP contribution in [-0.4, -0.2) is 47.8 Å². The number of amides is 2. The van der Waals surface area contributed by atoms with E-state index < -0.39 is 23.9 Å². The third kappa shape index (κ3) is 3.22. The van der Waals surface area contributed by atoms with Crippen LogP contribution in [-0.2, 0) is 9.53 Å². The predicted octanol–water partition coefficient (Wildman–Crippen LogP) is 1.86. The van der Waals surface area contributed by atoms with Gasteiger partial charge in [0.2, 0.25) is 5.91 Å². The summed E-state index contributed by atoms with van der Waals surface area (Å²) in [5.74, 6) is -0.248. The van der Waals surface area contributed by atoms with Crippen molar-refractivity contribution in [2.45, 2.75) is 58.4 Å². The van der Waals surface area contributed by atoms with E-state index in [-0.39, 0.29) is 17.9 Å². The summed E-state index contributed by atoms with van der Waals surface area (Å²) in [6, 6.07) is -0.703. The van der Waals surface area contributed by atoms with Crippen LogP contribution in [0.3, 0.4) is 0 Å². The van der Waals surface area contributed by atoms with Crippen molar-refractivity contribution in [1.29, 1.82) is 0 Å². The molecule has 1 saturated carbocycles. The summed E-state index contributed by atoms with van der Waals surface area (Å²) in [7, 11) is 0. The van der Waals surface area contributed by atoms with Crippen molar-refractivity contribution in [3.63, 3.8) is 0 Å². The highest BCUT2D eigenvalue weighted by Gasteiger charge is 2.56. The van der Waals surface area contributed by atoms with Crippen molar-refractivity contribution >= 4 is 12.0 Å². The second-order valence-corrected chi connectivity index (χ2v) is 6.92. The highest BCUT2D eigenvalue weighted by atomic mass is 19.1. The summed E-state index contributed by atoms with van der Waals surface area (Å²) in [4.78, 5) is 25.3. The van der Waals surface area contributed by atoms with E-state index in [1.54, 1.807) is 27.7 Å². The van der Waals surface area contributed by atoms with Gasteiger partial charge in [-0.25, -0.2) is 9.18 Å². The first kappa shape index (κ1) is 15.1. The van der Waals surface area contributed by atoms with Gasteiger partial charge < -0.3 is 15.0 Å². The first-order valence-corrected chi connectivity index (χ1v) is 7.05. The van der Waals surface area contributed by atoms with E-state index in [4.69, 9.17) is 4.74 Å². The first-order chi connectivity index (χ1) is 9.13. The number of carbonyl (C=O) groups excluding carboxylic acids is 2. The summed E-state index contributed by atoms with van der Waals surface area (Å²) in [5.41, 5.74) is -0.899. The number of nitrogens with zero attached hydrogens (tertiary/aromatic N) is 1. The Bertz CT molecular complexity index is 415.